The van der Waals surface area contributed by atoms with E-state index < -0.39 is 17.7 Å². The molecule has 0 saturated carbocycles. The second-order valence-corrected chi connectivity index (χ2v) is 6.61. The zero-order chi connectivity index (χ0) is 18.3. The van der Waals surface area contributed by atoms with Gasteiger partial charge < -0.3 is 19.8 Å². The molecule has 0 spiro atoms. The van der Waals surface area contributed by atoms with Crippen molar-refractivity contribution in [2.75, 3.05) is 6.54 Å². The maximum atomic E-state index is 12.5. The lowest BCUT2D eigenvalue weighted by Gasteiger charge is -2.23. The summed E-state index contributed by atoms with van der Waals surface area (Å²) in [6.45, 7) is 5.70. The van der Waals surface area contributed by atoms with Gasteiger partial charge in [0.15, 0.2) is 0 Å². The van der Waals surface area contributed by atoms with Gasteiger partial charge in [0, 0.05) is 31.3 Å². The van der Waals surface area contributed by atoms with Crippen LogP contribution in [0.4, 0.5) is 4.79 Å². The average molecular weight is 348 g/mol. The Hall–Kier alpha value is -2.77. The Morgan fingerprint density at radius 3 is 2.76 bits per heavy atom. The topological polar surface area (TPSA) is 109 Å². The second kappa shape index (κ2) is 8.36. The van der Waals surface area contributed by atoms with Gasteiger partial charge in [-0.25, -0.2) is 4.79 Å². The molecule has 0 aromatic carbocycles. The molecule has 25 heavy (non-hydrogen) atoms. The number of alkyl carbamates (subject to hydrolysis) is 1. The largest absolute Gasteiger partial charge is 0.469 e. The molecule has 2 heterocycles. The van der Waals surface area contributed by atoms with Crippen LogP contribution in [0.15, 0.2) is 35.1 Å². The number of furan rings is 1. The molecular weight excluding hydrogens is 324 g/mol. The number of rotatable bonds is 7. The molecule has 2 rings (SSSR count). The van der Waals surface area contributed by atoms with E-state index in [1.807, 2.05) is 6.07 Å². The van der Waals surface area contributed by atoms with Crippen LogP contribution in [0.1, 0.15) is 32.2 Å². The first kappa shape index (κ1) is 18.6. The molecule has 136 valence electrons. The Kier molecular flexibility index (Phi) is 6.21. The lowest BCUT2D eigenvalue weighted by atomic mass is 10.1. The van der Waals surface area contributed by atoms with Crippen LogP contribution in [0.5, 0.6) is 0 Å². The van der Waals surface area contributed by atoms with E-state index in [0.29, 0.717) is 13.0 Å². The first-order valence-corrected chi connectivity index (χ1v) is 8.11. The number of hydrogen-bond donors (Lipinski definition) is 3. The summed E-state index contributed by atoms with van der Waals surface area (Å²) in [5.41, 5.74) is 0.0977. The van der Waals surface area contributed by atoms with E-state index in [0.717, 1.165) is 11.5 Å². The fourth-order valence-corrected chi connectivity index (χ4v) is 2.16. The Morgan fingerprint density at radius 1 is 1.36 bits per heavy atom. The molecule has 0 aliphatic heterocycles. The lowest BCUT2D eigenvalue weighted by Crippen LogP contribution is -2.49. The molecule has 0 radical (unpaired) electrons. The average Bonchev–Trinajstić information content (AvgIpc) is 3.17. The highest BCUT2D eigenvalue weighted by Crippen LogP contribution is 2.08. The maximum absolute atomic E-state index is 12.5. The molecule has 1 atom stereocenters. The van der Waals surface area contributed by atoms with Gasteiger partial charge in [-0.3, -0.25) is 9.89 Å². The first-order chi connectivity index (χ1) is 11.8. The van der Waals surface area contributed by atoms with Crippen molar-refractivity contribution in [2.24, 2.45) is 0 Å². The van der Waals surface area contributed by atoms with E-state index in [2.05, 4.69) is 20.8 Å². The van der Waals surface area contributed by atoms with Crippen molar-refractivity contribution in [1.29, 1.82) is 0 Å². The summed E-state index contributed by atoms with van der Waals surface area (Å²) >= 11 is 0. The zero-order valence-electron chi connectivity index (χ0n) is 14.7. The first-order valence-electron chi connectivity index (χ1n) is 8.11. The molecule has 8 nitrogen and oxygen atoms in total. The number of amides is 2. The van der Waals surface area contributed by atoms with Gasteiger partial charge in [0.2, 0.25) is 5.91 Å². The van der Waals surface area contributed by atoms with Crippen LogP contribution in [0.3, 0.4) is 0 Å². The van der Waals surface area contributed by atoms with Crippen LogP contribution in [0, 0.1) is 0 Å². The molecule has 0 unspecified atom stereocenters. The highest BCUT2D eigenvalue weighted by Gasteiger charge is 2.25. The molecule has 8 heteroatoms. The van der Waals surface area contributed by atoms with Crippen LogP contribution in [0.25, 0.3) is 0 Å². The fraction of sp³-hybridized carbons (Fsp3) is 0.471. The van der Waals surface area contributed by atoms with Gasteiger partial charge in [0.1, 0.15) is 17.4 Å². The smallest absolute Gasteiger partial charge is 0.408 e. The molecule has 2 aromatic heterocycles. The number of aromatic amines is 1. The SMILES string of the molecule is CC(C)(C)OC(=O)N[C@H](Cc1ccn[nH]1)C(=O)NCCc1ccco1. The summed E-state index contributed by atoms with van der Waals surface area (Å²) in [6, 6.07) is 4.61. The maximum Gasteiger partial charge on any atom is 0.408 e. The van der Waals surface area contributed by atoms with Gasteiger partial charge in [0.25, 0.3) is 0 Å². The number of ether oxygens (including phenoxy) is 1. The van der Waals surface area contributed by atoms with Crippen LogP contribution < -0.4 is 10.6 Å². The Morgan fingerprint density at radius 2 is 2.16 bits per heavy atom. The summed E-state index contributed by atoms with van der Waals surface area (Å²) in [6.07, 6.45) is 3.39. The van der Waals surface area contributed by atoms with Crippen molar-refractivity contribution >= 4 is 12.0 Å². The van der Waals surface area contributed by atoms with Crippen LogP contribution in [-0.2, 0) is 22.4 Å². The summed E-state index contributed by atoms with van der Waals surface area (Å²) in [7, 11) is 0. The molecule has 0 bridgehead atoms. The van der Waals surface area contributed by atoms with Gasteiger partial charge in [-0.05, 0) is 39.0 Å². The number of nitrogens with zero attached hydrogens (tertiary/aromatic N) is 1. The van der Waals surface area contributed by atoms with Crippen LogP contribution in [-0.4, -0.2) is 40.4 Å². The molecule has 0 fully saturated rings. The quantitative estimate of drug-likeness (QED) is 0.707. The highest BCUT2D eigenvalue weighted by atomic mass is 16.6. The van der Waals surface area contributed by atoms with Crippen molar-refractivity contribution in [3.05, 3.63) is 42.1 Å². The minimum absolute atomic E-state index is 0.284. The van der Waals surface area contributed by atoms with E-state index >= 15 is 0 Å². The predicted molar refractivity (Wildman–Crippen MR) is 90.9 cm³/mol. The van der Waals surface area contributed by atoms with E-state index in [-0.39, 0.29) is 12.3 Å². The molecule has 2 aromatic rings. The van der Waals surface area contributed by atoms with Crippen LogP contribution >= 0.6 is 0 Å². The van der Waals surface area contributed by atoms with Gasteiger partial charge in [-0.1, -0.05) is 0 Å². The number of carbonyl (C=O) groups excluding carboxylic acids is 2. The van der Waals surface area contributed by atoms with Crippen molar-refractivity contribution in [2.45, 2.75) is 45.3 Å². The fourth-order valence-electron chi connectivity index (χ4n) is 2.16. The lowest BCUT2D eigenvalue weighted by molar-refractivity contribution is -0.123. The third-order valence-corrected chi connectivity index (χ3v) is 3.24. The van der Waals surface area contributed by atoms with E-state index in [4.69, 9.17) is 9.15 Å². The van der Waals surface area contributed by atoms with Crippen LogP contribution in [0.2, 0.25) is 0 Å². The van der Waals surface area contributed by atoms with Crippen molar-refractivity contribution in [1.82, 2.24) is 20.8 Å². The normalized spacial score (nSPS) is 12.4. The number of H-pyrrole nitrogens is 1. The summed E-state index contributed by atoms with van der Waals surface area (Å²) in [5, 5.41) is 12.1. The van der Waals surface area contributed by atoms with Gasteiger partial charge in [0.05, 0.1) is 6.26 Å². The zero-order valence-corrected chi connectivity index (χ0v) is 14.7. The Labute approximate surface area is 146 Å². The monoisotopic (exact) mass is 348 g/mol. The Bertz CT molecular complexity index is 659. The van der Waals surface area contributed by atoms with Crippen molar-refractivity contribution in [3.63, 3.8) is 0 Å². The van der Waals surface area contributed by atoms with Gasteiger partial charge >= 0.3 is 6.09 Å². The molecule has 0 aliphatic rings. The van der Waals surface area contributed by atoms with Crippen molar-refractivity contribution in [3.8, 4) is 0 Å². The summed E-state index contributed by atoms with van der Waals surface area (Å²) in [5.74, 6) is 0.484. The molecule has 3 N–H and O–H groups in total. The number of hydrogen-bond acceptors (Lipinski definition) is 5. The third-order valence-electron chi connectivity index (χ3n) is 3.24. The predicted octanol–water partition coefficient (Wildman–Crippen LogP) is 1.80. The van der Waals surface area contributed by atoms with E-state index in [1.165, 1.54) is 0 Å². The Balaban J connectivity index is 1.92. The third kappa shape index (κ3) is 6.70. The van der Waals surface area contributed by atoms with Crippen molar-refractivity contribution < 1.29 is 18.7 Å². The second-order valence-electron chi connectivity index (χ2n) is 6.61. The van der Waals surface area contributed by atoms with Gasteiger partial charge in [-0.2, -0.15) is 5.10 Å². The summed E-state index contributed by atoms with van der Waals surface area (Å²) in [4.78, 5) is 24.5. The van der Waals surface area contributed by atoms with E-state index in [1.54, 1.807) is 45.4 Å². The number of nitrogens with one attached hydrogen (secondary N) is 3. The molecule has 2 amide bonds. The molecule has 0 aliphatic carbocycles. The number of aromatic nitrogens is 2. The highest BCUT2D eigenvalue weighted by molar-refractivity contribution is 5.85. The minimum atomic E-state index is -0.771. The van der Waals surface area contributed by atoms with Gasteiger partial charge in [-0.15, -0.1) is 0 Å². The molecule has 0 saturated heterocycles. The number of carbonyl (C=O) groups is 2. The molecular formula is C17H24N4O4. The minimum Gasteiger partial charge on any atom is -0.469 e. The standard InChI is InChI=1S/C17H24N4O4/c1-17(2,3)25-16(23)20-14(11-12-6-9-19-21-12)15(22)18-8-7-13-5-4-10-24-13/h4-6,9-10,14H,7-8,11H2,1-3H3,(H,18,22)(H,19,21)(H,20,23)/t14-/m1/s1. The summed E-state index contributed by atoms with van der Waals surface area (Å²) < 4.78 is 10.5. The van der Waals surface area contributed by atoms with E-state index in [9.17, 15) is 9.59 Å².